The SMILES string of the molecule is COc1ccc(CNC(=O)[C@@H](CSCC2CCCCC2)NC(=O)[C@H]2CSCN2C(=O)COC(C)(C)C)cc1. The number of rotatable bonds is 12. The van der Waals surface area contributed by atoms with E-state index in [0.29, 0.717) is 29.8 Å². The van der Waals surface area contributed by atoms with Crippen LogP contribution in [0.25, 0.3) is 0 Å². The highest BCUT2D eigenvalue weighted by Gasteiger charge is 2.36. The van der Waals surface area contributed by atoms with Gasteiger partial charge in [0.2, 0.25) is 17.7 Å². The van der Waals surface area contributed by atoms with Crippen molar-refractivity contribution in [3.63, 3.8) is 0 Å². The van der Waals surface area contributed by atoms with Crippen molar-refractivity contribution in [3.05, 3.63) is 29.8 Å². The molecule has 3 amide bonds. The number of hydrogen-bond donors (Lipinski definition) is 2. The molecule has 2 N–H and O–H groups in total. The van der Waals surface area contributed by atoms with Crippen LogP contribution in [0.2, 0.25) is 0 Å². The first-order valence-corrected chi connectivity index (χ1v) is 15.8. The van der Waals surface area contributed by atoms with Gasteiger partial charge >= 0.3 is 0 Å². The molecule has 1 saturated heterocycles. The fourth-order valence-electron chi connectivity index (χ4n) is 4.48. The lowest BCUT2D eigenvalue weighted by molar-refractivity contribution is -0.145. The molecule has 0 spiro atoms. The summed E-state index contributed by atoms with van der Waals surface area (Å²) in [4.78, 5) is 40.9. The smallest absolute Gasteiger partial charge is 0.249 e. The van der Waals surface area contributed by atoms with E-state index in [4.69, 9.17) is 9.47 Å². The first kappa shape index (κ1) is 30.6. The summed E-state index contributed by atoms with van der Waals surface area (Å²) in [6.45, 7) is 5.96. The lowest BCUT2D eigenvalue weighted by Crippen LogP contribution is -2.55. The summed E-state index contributed by atoms with van der Waals surface area (Å²) in [5, 5.41) is 5.95. The molecule has 8 nitrogen and oxygen atoms in total. The molecule has 1 aliphatic carbocycles. The Balaban J connectivity index is 1.60. The number of benzene rings is 1. The summed E-state index contributed by atoms with van der Waals surface area (Å²) in [7, 11) is 1.62. The quantitative estimate of drug-likeness (QED) is 0.398. The fraction of sp³-hybridized carbons (Fsp3) is 0.679. The number of carbonyl (C=O) groups is 3. The van der Waals surface area contributed by atoms with E-state index in [-0.39, 0.29) is 24.3 Å². The lowest BCUT2D eigenvalue weighted by Gasteiger charge is -2.27. The van der Waals surface area contributed by atoms with Gasteiger partial charge in [-0.05, 0) is 63.0 Å². The number of nitrogens with zero attached hydrogens (tertiary/aromatic N) is 1. The van der Waals surface area contributed by atoms with Crippen LogP contribution in [0.15, 0.2) is 24.3 Å². The number of hydrogen-bond acceptors (Lipinski definition) is 7. The van der Waals surface area contributed by atoms with Gasteiger partial charge in [-0.25, -0.2) is 0 Å². The number of ether oxygens (including phenoxy) is 2. The van der Waals surface area contributed by atoms with E-state index >= 15 is 0 Å². The zero-order valence-electron chi connectivity index (χ0n) is 23.1. The molecule has 0 aromatic heterocycles. The summed E-state index contributed by atoms with van der Waals surface area (Å²) in [5.41, 5.74) is 0.505. The van der Waals surface area contributed by atoms with Crippen LogP contribution in [0.1, 0.15) is 58.4 Å². The van der Waals surface area contributed by atoms with Gasteiger partial charge in [0.05, 0.1) is 18.6 Å². The van der Waals surface area contributed by atoms with E-state index in [1.165, 1.54) is 43.9 Å². The second-order valence-electron chi connectivity index (χ2n) is 10.9. The van der Waals surface area contributed by atoms with Gasteiger partial charge in [-0.1, -0.05) is 31.4 Å². The van der Waals surface area contributed by atoms with Crippen molar-refractivity contribution in [1.29, 1.82) is 0 Å². The molecule has 212 valence electrons. The van der Waals surface area contributed by atoms with Crippen LogP contribution in [-0.4, -0.2) is 77.2 Å². The molecule has 0 bridgehead atoms. The Labute approximate surface area is 235 Å². The predicted molar refractivity (Wildman–Crippen MR) is 154 cm³/mol. The van der Waals surface area contributed by atoms with E-state index in [1.54, 1.807) is 23.8 Å². The molecule has 2 atom stereocenters. The highest BCUT2D eigenvalue weighted by molar-refractivity contribution is 7.99. The first-order chi connectivity index (χ1) is 18.2. The fourth-order valence-corrected chi connectivity index (χ4v) is 6.93. The van der Waals surface area contributed by atoms with Gasteiger partial charge in [-0.15, -0.1) is 11.8 Å². The van der Waals surface area contributed by atoms with Gasteiger partial charge in [0.15, 0.2) is 0 Å². The molecule has 0 radical (unpaired) electrons. The Morgan fingerprint density at radius 2 is 1.84 bits per heavy atom. The van der Waals surface area contributed by atoms with Gasteiger partial charge in [-0.2, -0.15) is 11.8 Å². The maximum absolute atomic E-state index is 13.3. The van der Waals surface area contributed by atoms with E-state index in [2.05, 4.69) is 10.6 Å². The van der Waals surface area contributed by atoms with Crippen molar-refractivity contribution in [2.24, 2.45) is 5.92 Å². The number of thioether (sulfide) groups is 2. The van der Waals surface area contributed by atoms with Crippen molar-refractivity contribution in [1.82, 2.24) is 15.5 Å². The third-order valence-electron chi connectivity index (χ3n) is 6.76. The van der Waals surface area contributed by atoms with Crippen LogP contribution in [0, 0.1) is 5.92 Å². The second-order valence-corrected chi connectivity index (χ2v) is 13.0. The predicted octanol–water partition coefficient (Wildman–Crippen LogP) is 3.83. The monoisotopic (exact) mass is 565 g/mol. The van der Waals surface area contributed by atoms with Crippen molar-refractivity contribution in [3.8, 4) is 5.75 Å². The average Bonchev–Trinajstić information content (AvgIpc) is 3.40. The minimum absolute atomic E-state index is 0.0726. The highest BCUT2D eigenvalue weighted by atomic mass is 32.2. The van der Waals surface area contributed by atoms with E-state index < -0.39 is 17.7 Å². The Bertz CT molecular complexity index is 916. The first-order valence-electron chi connectivity index (χ1n) is 13.5. The largest absolute Gasteiger partial charge is 0.497 e. The topological polar surface area (TPSA) is 97.0 Å². The van der Waals surface area contributed by atoms with Crippen LogP contribution in [0.5, 0.6) is 5.75 Å². The molecular formula is C28H43N3O5S2. The molecular weight excluding hydrogens is 522 g/mol. The summed E-state index contributed by atoms with van der Waals surface area (Å²) in [6.07, 6.45) is 6.33. The lowest BCUT2D eigenvalue weighted by atomic mass is 9.91. The zero-order valence-corrected chi connectivity index (χ0v) is 24.8. The third-order valence-corrected chi connectivity index (χ3v) is 9.04. The molecule has 38 heavy (non-hydrogen) atoms. The van der Waals surface area contributed by atoms with Crippen LogP contribution < -0.4 is 15.4 Å². The highest BCUT2D eigenvalue weighted by Crippen LogP contribution is 2.27. The normalized spacial score (nSPS) is 19.2. The molecule has 2 aliphatic rings. The van der Waals surface area contributed by atoms with Crippen molar-refractivity contribution in [2.45, 2.75) is 77.1 Å². The molecule has 3 rings (SSSR count). The molecule has 1 aliphatic heterocycles. The molecule has 1 aromatic carbocycles. The number of carbonyl (C=O) groups excluding carboxylic acids is 3. The number of nitrogens with one attached hydrogen (secondary N) is 2. The van der Waals surface area contributed by atoms with Crippen LogP contribution in [-0.2, 0) is 25.7 Å². The minimum Gasteiger partial charge on any atom is -0.497 e. The number of amides is 3. The summed E-state index contributed by atoms with van der Waals surface area (Å²) >= 11 is 3.26. The van der Waals surface area contributed by atoms with Gasteiger partial charge in [0, 0.05) is 18.1 Å². The van der Waals surface area contributed by atoms with Crippen molar-refractivity contribution < 1.29 is 23.9 Å². The Hall–Kier alpha value is -1.91. The molecule has 2 fully saturated rings. The van der Waals surface area contributed by atoms with Crippen LogP contribution >= 0.6 is 23.5 Å². The van der Waals surface area contributed by atoms with Gasteiger partial charge in [-0.3, -0.25) is 14.4 Å². The van der Waals surface area contributed by atoms with E-state index in [1.807, 2.05) is 45.0 Å². The van der Waals surface area contributed by atoms with Crippen molar-refractivity contribution in [2.75, 3.05) is 36.9 Å². The Morgan fingerprint density at radius 3 is 2.50 bits per heavy atom. The third kappa shape index (κ3) is 10.0. The summed E-state index contributed by atoms with van der Waals surface area (Å²) < 4.78 is 10.8. The standard InChI is InChI=1S/C28H43N3O5S2/c1-28(2,3)36-15-25(32)31-19-38-18-24(31)27(34)30-23(17-37-16-21-8-6-5-7-9-21)26(33)29-14-20-10-12-22(35-4)13-11-20/h10-13,21,23-24H,5-9,14-19H2,1-4H3,(H,29,33)(H,30,34)/t23-,24-/m1/s1. The zero-order chi connectivity index (χ0) is 27.5. The van der Waals surface area contributed by atoms with Gasteiger partial charge in [0.1, 0.15) is 24.4 Å². The minimum atomic E-state index is -0.678. The Morgan fingerprint density at radius 1 is 1.13 bits per heavy atom. The van der Waals surface area contributed by atoms with E-state index in [0.717, 1.165) is 17.1 Å². The van der Waals surface area contributed by atoms with Gasteiger partial charge in [0.25, 0.3) is 0 Å². The summed E-state index contributed by atoms with van der Waals surface area (Å²) in [6, 6.07) is 6.23. The van der Waals surface area contributed by atoms with Gasteiger partial charge < -0.3 is 25.0 Å². The number of methoxy groups -OCH3 is 1. The molecule has 1 aromatic rings. The molecule has 10 heteroatoms. The second kappa shape index (κ2) is 15.0. The molecule has 0 unspecified atom stereocenters. The summed E-state index contributed by atoms with van der Waals surface area (Å²) in [5.74, 6) is 3.14. The molecule has 1 saturated carbocycles. The van der Waals surface area contributed by atoms with E-state index in [9.17, 15) is 14.4 Å². The van der Waals surface area contributed by atoms with Crippen LogP contribution in [0.4, 0.5) is 0 Å². The maximum atomic E-state index is 13.3. The molecule has 1 heterocycles. The Kier molecular flexibility index (Phi) is 12.1. The average molecular weight is 566 g/mol. The van der Waals surface area contributed by atoms with Crippen molar-refractivity contribution >= 4 is 41.2 Å². The van der Waals surface area contributed by atoms with Crippen LogP contribution in [0.3, 0.4) is 0 Å². The maximum Gasteiger partial charge on any atom is 0.249 e.